The van der Waals surface area contributed by atoms with E-state index in [1.54, 1.807) is 4.68 Å². The first-order chi connectivity index (χ1) is 9.70. The molecule has 2 aromatic heterocycles. The summed E-state index contributed by atoms with van der Waals surface area (Å²) in [4.78, 5) is 4.43. The minimum absolute atomic E-state index is 0.468. The SMILES string of the molecule is Cc1cc(OCc2ccc(CNC3CC3)cn2)n(C)n1. The Morgan fingerprint density at radius 2 is 2.25 bits per heavy atom. The normalized spacial score (nSPS) is 14.5. The van der Waals surface area contributed by atoms with Crippen LogP contribution in [0.4, 0.5) is 0 Å². The van der Waals surface area contributed by atoms with Crippen LogP contribution in [0.1, 0.15) is 29.8 Å². The van der Waals surface area contributed by atoms with Gasteiger partial charge in [0.25, 0.3) is 0 Å². The second-order valence-corrected chi connectivity index (χ2v) is 5.35. The van der Waals surface area contributed by atoms with E-state index in [2.05, 4.69) is 21.5 Å². The van der Waals surface area contributed by atoms with Crippen LogP contribution in [0.5, 0.6) is 5.88 Å². The Kier molecular flexibility index (Phi) is 3.69. The highest BCUT2D eigenvalue weighted by Gasteiger charge is 2.19. The van der Waals surface area contributed by atoms with Gasteiger partial charge >= 0.3 is 0 Å². The third-order valence-electron chi connectivity index (χ3n) is 3.39. The number of aryl methyl sites for hydroxylation is 2. The van der Waals surface area contributed by atoms with E-state index in [1.807, 2.05) is 32.3 Å². The average molecular weight is 272 g/mol. The van der Waals surface area contributed by atoms with E-state index in [1.165, 1.54) is 18.4 Å². The first-order valence-electron chi connectivity index (χ1n) is 7.01. The molecular formula is C15H20N4O. The van der Waals surface area contributed by atoms with Gasteiger partial charge in [0.05, 0.1) is 11.4 Å². The second-order valence-electron chi connectivity index (χ2n) is 5.35. The van der Waals surface area contributed by atoms with Crippen molar-refractivity contribution in [1.82, 2.24) is 20.1 Å². The standard InChI is InChI=1S/C15H20N4O/c1-11-7-15(19(2)18-11)20-10-14-4-3-12(9-17-14)8-16-13-5-6-13/h3-4,7,9,13,16H,5-6,8,10H2,1-2H3. The molecule has 0 atom stereocenters. The van der Waals surface area contributed by atoms with E-state index >= 15 is 0 Å². The Balaban J connectivity index is 1.53. The van der Waals surface area contributed by atoms with Crippen molar-refractivity contribution < 1.29 is 4.74 Å². The fraction of sp³-hybridized carbons (Fsp3) is 0.467. The van der Waals surface area contributed by atoms with Crippen molar-refractivity contribution in [2.24, 2.45) is 7.05 Å². The summed E-state index contributed by atoms with van der Waals surface area (Å²) in [5.74, 6) is 0.767. The van der Waals surface area contributed by atoms with Gasteiger partial charge in [-0.2, -0.15) is 5.10 Å². The van der Waals surface area contributed by atoms with Gasteiger partial charge in [-0.1, -0.05) is 6.07 Å². The highest BCUT2D eigenvalue weighted by Crippen LogP contribution is 2.19. The Bertz CT molecular complexity index is 572. The minimum atomic E-state index is 0.468. The number of hydrogen-bond donors (Lipinski definition) is 1. The number of hydrogen-bond acceptors (Lipinski definition) is 4. The lowest BCUT2D eigenvalue weighted by atomic mass is 10.2. The summed E-state index contributed by atoms with van der Waals surface area (Å²) >= 11 is 0. The molecule has 0 bridgehead atoms. The molecule has 5 nitrogen and oxygen atoms in total. The molecule has 0 spiro atoms. The van der Waals surface area contributed by atoms with Crippen LogP contribution in [-0.4, -0.2) is 20.8 Å². The third kappa shape index (κ3) is 3.36. The van der Waals surface area contributed by atoms with Crippen molar-refractivity contribution in [2.45, 2.75) is 39.0 Å². The van der Waals surface area contributed by atoms with Gasteiger partial charge in [0.15, 0.2) is 0 Å². The number of nitrogens with zero attached hydrogens (tertiary/aromatic N) is 3. The van der Waals surface area contributed by atoms with Crippen molar-refractivity contribution in [2.75, 3.05) is 0 Å². The molecule has 1 N–H and O–H groups in total. The van der Waals surface area contributed by atoms with Crippen molar-refractivity contribution in [3.05, 3.63) is 41.3 Å². The second kappa shape index (κ2) is 5.63. The van der Waals surface area contributed by atoms with E-state index < -0.39 is 0 Å². The Morgan fingerprint density at radius 1 is 1.40 bits per heavy atom. The lowest BCUT2D eigenvalue weighted by Crippen LogP contribution is -2.15. The predicted octanol–water partition coefficient (Wildman–Crippen LogP) is 1.95. The molecule has 1 saturated carbocycles. The zero-order valence-corrected chi connectivity index (χ0v) is 12.0. The van der Waals surface area contributed by atoms with Gasteiger partial charge in [0.2, 0.25) is 5.88 Å². The Morgan fingerprint density at radius 3 is 2.85 bits per heavy atom. The Hall–Kier alpha value is -1.88. The maximum atomic E-state index is 5.71. The summed E-state index contributed by atoms with van der Waals surface area (Å²) in [5.41, 5.74) is 3.10. The van der Waals surface area contributed by atoms with Gasteiger partial charge < -0.3 is 10.1 Å². The number of rotatable bonds is 6. The van der Waals surface area contributed by atoms with Gasteiger partial charge in [-0.25, -0.2) is 4.68 Å². The summed E-state index contributed by atoms with van der Waals surface area (Å²) in [6.07, 6.45) is 4.54. The fourth-order valence-corrected chi connectivity index (χ4v) is 2.06. The molecule has 3 rings (SSSR count). The van der Waals surface area contributed by atoms with E-state index in [0.29, 0.717) is 6.61 Å². The molecule has 2 heterocycles. The molecule has 1 aliphatic carbocycles. The van der Waals surface area contributed by atoms with E-state index in [4.69, 9.17) is 4.74 Å². The largest absolute Gasteiger partial charge is 0.471 e. The smallest absolute Gasteiger partial charge is 0.212 e. The van der Waals surface area contributed by atoms with Gasteiger partial charge in [0.1, 0.15) is 6.61 Å². The highest BCUT2D eigenvalue weighted by molar-refractivity contribution is 5.17. The fourth-order valence-electron chi connectivity index (χ4n) is 2.06. The van der Waals surface area contributed by atoms with Crippen molar-refractivity contribution >= 4 is 0 Å². The number of aromatic nitrogens is 3. The topological polar surface area (TPSA) is 52.0 Å². The summed E-state index contributed by atoms with van der Waals surface area (Å²) in [6.45, 7) is 3.32. The van der Waals surface area contributed by atoms with Crippen LogP contribution < -0.4 is 10.1 Å². The molecule has 0 amide bonds. The van der Waals surface area contributed by atoms with Crippen LogP contribution in [0.3, 0.4) is 0 Å². The number of nitrogens with one attached hydrogen (secondary N) is 1. The van der Waals surface area contributed by atoms with Gasteiger partial charge in [-0.05, 0) is 31.4 Å². The summed E-state index contributed by atoms with van der Waals surface area (Å²) < 4.78 is 7.45. The first kappa shape index (κ1) is 13.1. The first-order valence-corrected chi connectivity index (χ1v) is 7.01. The molecule has 0 unspecified atom stereocenters. The average Bonchev–Trinajstić information content (AvgIpc) is 3.21. The molecular weight excluding hydrogens is 252 g/mol. The molecule has 0 saturated heterocycles. The van der Waals surface area contributed by atoms with Crippen molar-refractivity contribution in [1.29, 1.82) is 0 Å². The number of ether oxygens (including phenoxy) is 1. The Labute approximate surface area is 119 Å². The summed E-state index contributed by atoms with van der Waals surface area (Å²) in [7, 11) is 1.88. The summed E-state index contributed by atoms with van der Waals surface area (Å²) in [6, 6.07) is 6.78. The van der Waals surface area contributed by atoms with Crippen LogP contribution >= 0.6 is 0 Å². The van der Waals surface area contributed by atoms with Gasteiger partial charge in [0, 0.05) is 31.9 Å². The molecule has 1 aliphatic rings. The zero-order chi connectivity index (χ0) is 13.9. The molecule has 106 valence electrons. The van der Waals surface area contributed by atoms with Gasteiger partial charge in [-0.15, -0.1) is 0 Å². The minimum Gasteiger partial charge on any atom is -0.471 e. The third-order valence-corrected chi connectivity index (χ3v) is 3.39. The molecule has 1 fully saturated rings. The van der Waals surface area contributed by atoms with Crippen LogP contribution in [-0.2, 0) is 20.2 Å². The van der Waals surface area contributed by atoms with Crippen LogP contribution in [0, 0.1) is 6.92 Å². The molecule has 0 aliphatic heterocycles. The van der Waals surface area contributed by atoms with Crippen LogP contribution in [0.15, 0.2) is 24.4 Å². The highest BCUT2D eigenvalue weighted by atomic mass is 16.5. The summed E-state index contributed by atoms with van der Waals surface area (Å²) in [5, 5.41) is 7.72. The van der Waals surface area contributed by atoms with Crippen LogP contribution in [0.25, 0.3) is 0 Å². The maximum Gasteiger partial charge on any atom is 0.212 e. The monoisotopic (exact) mass is 272 g/mol. The predicted molar refractivity (Wildman–Crippen MR) is 76.4 cm³/mol. The van der Waals surface area contributed by atoms with E-state index in [0.717, 1.165) is 29.9 Å². The van der Waals surface area contributed by atoms with E-state index in [9.17, 15) is 0 Å². The lowest BCUT2D eigenvalue weighted by Gasteiger charge is -2.07. The maximum absolute atomic E-state index is 5.71. The molecule has 5 heteroatoms. The zero-order valence-electron chi connectivity index (χ0n) is 12.0. The van der Waals surface area contributed by atoms with Crippen LogP contribution in [0.2, 0.25) is 0 Å². The lowest BCUT2D eigenvalue weighted by molar-refractivity contribution is 0.274. The molecule has 2 aromatic rings. The van der Waals surface area contributed by atoms with Crippen molar-refractivity contribution in [3.63, 3.8) is 0 Å². The molecule has 0 aromatic carbocycles. The van der Waals surface area contributed by atoms with E-state index in [-0.39, 0.29) is 0 Å². The molecule has 0 radical (unpaired) electrons. The molecule has 20 heavy (non-hydrogen) atoms. The van der Waals surface area contributed by atoms with Gasteiger partial charge in [-0.3, -0.25) is 4.98 Å². The number of pyridine rings is 1. The van der Waals surface area contributed by atoms with Crippen molar-refractivity contribution in [3.8, 4) is 5.88 Å². The quantitative estimate of drug-likeness (QED) is 0.873.